The average Bonchev–Trinajstić information content (AvgIpc) is 3.82. The van der Waals surface area contributed by atoms with Crippen molar-refractivity contribution in [2.24, 2.45) is 0 Å². The largest absolute Gasteiger partial charge is 0.357 e. The van der Waals surface area contributed by atoms with Crippen LogP contribution in [-0.2, 0) is 0 Å². The van der Waals surface area contributed by atoms with E-state index in [1.54, 1.807) is 0 Å². The number of anilines is 1. The molecule has 0 saturated carbocycles. The zero-order valence-corrected chi connectivity index (χ0v) is 23.0. The van der Waals surface area contributed by atoms with Crippen LogP contribution in [0.1, 0.15) is 72.6 Å². The van der Waals surface area contributed by atoms with Crippen molar-refractivity contribution in [2.45, 2.75) is 62.2 Å². The normalized spacial score (nSPS) is 28.0. The lowest BCUT2D eigenvalue weighted by Gasteiger charge is -2.33. The maximum Gasteiger partial charge on any atom is 0.124 e. The smallest absolute Gasteiger partial charge is 0.124 e. The zero-order valence-electron chi connectivity index (χ0n) is 23.0. The lowest BCUT2D eigenvalue weighted by molar-refractivity contribution is 0.354. The molecule has 0 unspecified atom stereocenters. The van der Waals surface area contributed by atoms with E-state index < -0.39 is 12.3 Å². The van der Waals surface area contributed by atoms with Gasteiger partial charge in [0.05, 0.1) is 46.2 Å². The number of benzene rings is 3. The van der Waals surface area contributed by atoms with Gasteiger partial charge < -0.3 is 25.5 Å². The first-order valence-electron chi connectivity index (χ1n) is 14.8. The molecule has 7 nitrogen and oxygen atoms in total. The number of nitrogens with zero attached hydrogens (tertiary/aromatic N) is 3. The molecule has 0 aliphatic carbocycles. The van der Waals surface area contributed by atoms with Gasteiger partial charge in [0, 0.05) is 31.6 Å². The Balaban J connectivity index is 1.14. The summed E-state index contributed by atoms with van der Waals surface area (Å²) in [4.78, 5) is 18.7. The van der Waals surface area contributed by atoms with Crippen LogP contribution in [0.15, 0.2) is 60.7 Å². The minimum Gasteiger partial charge on any atom is -0.357 e. The maximum absolute atomic E-state index is 14.0. The molecule has 3 aliphatic rings. The molecule has 6 atom stereocenters. The van der Waals surface area contributed by atoms with Crippen molar-refractivity contribution in [3.05, 3.63) is 89.3 Å². The molecule has 3 aromatic carbocycles. The topological polar surface area (TPSA) is 84.7 Å². The minimum atomic E-state index is -0.854. The summed E-state index contributed by atoms with van der Waals surface area (Å²) in [7, 11) is 0. The van der Waals surface area contributed by atoms with E-state index in [9.17, 15) is 13.2 Å². The predicted octanol–water partition coefficient (Wildman–Crippen LogP) is 6.41. The van der Waals surface area contributed by atoms with Gasteiger partial charge in [-0.05, 0) is 72.5 Å². The van der Waals surface area contributed by atoms with E-state index in [1.807, 2.05) is 24.3 Å². The maximum atomic E-state index is 14.0. The second kappa shape index (κ2) is 10.1. The van der Waals surface area contributed by atoms with Crippen LogP contribution < -0.4 is 15.5 Å². The molecule has 2 aromatic heterocycles. The van der Waals surface area contributed by atoms with Gasteiger partial charge in [0.25, 0.3) is 0 Å². The van der Waals surface area contributed by atoms with E-state index in [4.69, 9.17) is 9.97 Å². The van der Waals surface area contributed by atoms with Crippen molar-refractivity contribution in [1.29, 1.82) is 0 Å². The monoisotopic (exact) mass is 571 g/mol. The van der Waals surface area contributed by atoms with Gasteiger partial charge in [0.1, 0.15) is 29.8 Å². The van der Waals surface area contributed by atoms with Crippen molar-refractivity contribution >= 4 is 27.8 Å². The standard InChI is InChI=1S/C32H32F3N7/c33-19-3-5-22(6-4-19)42-29(17-1-7-23-25(11-17)40-31(38-23)27-13-20(34)15-36-27)9-10-30(42)18-2-8-24-26(12-18)41-32(39-24)28-14-21(35)16-37-28/h1-8,11-12,20-21,27-30,36-37H,9-10,13-16H2,(H,38,40)(H,39,41)/t20-,21-,27-,28-,29-,30+/m0/s1. The molecule has 0 spiro atoms. The number of nitrogens with one attached hydrogen (secondary N) is 4. The zero-order chi connectivity index (χ0) is 28.4. The SMILES string of the molecule is Fc1ccc(N2[C@@H](c3ccc4nc([C@@H]5C[C@H](F)CN5)[nH]c4c3)CC[C@H]2c2ccc3nc([C@@H]4C[C@H](F)CN4)[nH]c3c2)cc1. The van der Waals surface area contributed by atoms with E-state index in [0.717, 1.165) is 63.4 Å². The van der Waals surface area contributed by atoms with Gasteiger partial charge in [-0.15, -0.1) is 0 Å². The van der Waals surface area contributed by atoms with Crippen LogP contribution in [0.2, 0.25) is 0 Å². The van der Waals surface area contributed by atoms with Crippen LogP contribution in [0.5, 0.6) is 0 Å². The Labute approximate surface area is 240 Å². The van der Waals surface area contributed by atoms with Gasteiger partial charge in [-0.2, -0.15) is 0 Å². The quantitative estimate of drug-likeness (QED) is 0.196. The molecule has 0 radical (unpaired) electrons. The highest BCUT2D eigenvalue weighted by Crippen LogP contribution is 2.47. The first-order chi connectivity index (χ1) is 20.5. The second-order valence-corrected chi connectivity index (χ2v) is 11.9. The molecule has 8 rings (SSSR count). The Kier molecular flexibility index (Phi) is 6.22. The molecular weight excluding hydrogens is 539 g/mol. The Morgan fingerprint density at radius 3 is 1.62 bits per heavy atom. The van der Waals surface area contributed by atoms with Gasteiger partial charge in [-0.3, -0.25) is 0 Å². The summed E-state index contributed by atoms with van der Waals surface area (Å²) < 4.78 is 41.6. The molecule has 5 heterocycles. The van der Waals surface area contributed by atoms with Crippen LogP contribution >= 0.6 is 0 Å². The molecule has 3 saturated heterocycles. The summed E-state index contributed by atoms with van der Waals surface area (Å²) in [6, 6.07) is 19.2. The third-order valence-electron chi connectivity index (χ3n) is 9.14. The van der Waals surface area contributed by atoms with Gasteiger partial charge in [-0.1, -0.05) is 12.1 Å². The molecule has 4 N–H and O–H groups in total. The highest BCUT2D eigenvalue weighted by Gasteiger charge is 2.36. The van der Waals surface area contributed by atoms with Gasteiger partial charge in [0.15, 0.2) is 0 Å². The van der Waals surface area contributed by atoms with Crippen LogP contribution in [0.3, 0.4) is 0 Å². The summed E-state index contributed by atoms with van der Waals surface area (Å²) in [6.45, 7) is 0.703. The third-order valence-corrected chi connectivity index (χ3v) is 9.14. The second-order valence-electron chi connectivity index (χ2n) is 11.9. The number of hydrogen-bond donors (Lipinski definition) is 4. The van der Waals surface area contributed by atoms with Crippen molar-refractivity contribution in [2.75, 3.05) is 18.0 Å². The predicted molar refractivity (Wildman–Crippen MR) is 156 cm³/mol. The number of rotatable bonds is 5. The van der Waals surface area contributed by atoms with E-state index in [0.29, 0.717) is 25.9 Å². The van der Waals surface area contributed by atoms with Crippen LogP contribution in [0.25, 0.3) is 22.1 Å². The van der Waals surface area contributed by atoms with Crippen LogP contribution in [0.4, 0.5) is 18.9 Å². The number of fused-ring (bicyclic) bond motifs is 2. The fraction of sp³-hybridized carbons (Fsp3) is 0.375. The summed E-state index contributed by atoms with van der Waals surface area (Å²) >= 11 is 0. The fourth-order valence-electron chi connectivity index (χ4n) is 7.08. The third kappa shape index (κ3) is 4.53. The average molecular weight is 572 g/mol. The number of hydrogen-bond acceptors (Lipinski definition) is 5. The van der Waals surface area contributed by atoms with Crippen molar-refractivity contribution in [3.8, 4) is 0 Å². The number of alkyl halides is 2. The lowest BCUT2D eigenvalue weighted by atomic mass is 10.0. The number of imidazole rings is 2. The summed E-state index contributed by atoms with van der Waals surface area (Å²) in [6.07, 6.45) is 0.966. The van der Waals surface area contributed by atoms with Gasteiger partial charge in [-0.25, -0.2) is 23.1 Å². The number of aromatic amines is 2. The van der Waals surface area contributed by atoms with Crippen molar-refractivity contribution < 1.29 is 13.2 Å². The lowest BCUT2D eigenvalue weighted by Crippen LogP contribution is -2.26. The Morgan fingerprint density at radius 1 is 0.667 bits per heavy atom. The molecule has 3 fully saturated rings. The molecule has 5 aromatic rings. The van der Waals surface area contributed by atoms with Crippen molar-refractivity contribution in [3.63, 3.8) is 0 Å². The Morgan fingerprint density at radius 2 is 1.17 bits per heavy atom. The number of halogens is 3. The molecule has 10 heteroatoms. The first-order valence-corrected chi connectivity index (χ1v) is 14.8. The number of H-pyrrole nitrogens is 2. The van der Waals surface area contributed by atoms with E-state index in [2.05, 4.69) is 49.8 Å². The molecule has 0 bridgehead atoms. The Bertz CT molecular complexity index is 1640. The molecule has 42 heavy (non-hydrogen) atoms. The van der Waals surface area contributed by atoms with E-state index >= 15 is 0 Å². The number of aromatic nitrogens is 4. The fourth-order valence-corrected chi connectivity index (χ4v) is 7.08. The minimum absolute atomic E-state index is 0.0636. The highest BCUT2D eigenvalue weighted by molar-refractivity contribution is 5.78. The molecule has 216 valence electrons. The summed E-state index contributed by atoms with van der Waals surface area (Å²) in [5, 5.41) is 6.41. The van der Waals surface area contributed by atoms with Crippen LogP contribution in [0, 0.1) is 5.82 Å². The molecule has 0 amide bonds. The van der Waals surface area contributed by atoms with Gasteiger partial charge >= 0.3 is 0 Å². The summed E-state index contributed by atoms with van der Waals surface area (Å²) in [5.74, 6) is 1.27. The molecular formula is C32H32F3N7. The van der Waals surface area contributed by atoms with Crippen LogP contribution in [-0.4, -0.2) is 45.4 Å². The van der Waals surface area contributed by atoms with E-state index in [1.165, 1.54) is 12.1 Å². The Hall–Kier alpha value is -3.89. The molecule has 3 aliphatic heterocycles. The first kappa shape index (κ1) is 25.8. The van der Waals surface area contributed by atoms with Gasteiger partial charge in [0.2, 0.25) is 0 Å². The van der Waals surface area contributed by atoms with Crippen molar-refractivity contribution in [1.82, 2.24) is 30.6 Å². The highest BCUT2D eigenvalue weighted by atomic mass is 19.1. The summed E-state index contributed by atoms with van der Waals surface area (Å²) in [5.41, 5.74) is 6.81. The van der Waals surface area contributed by atoms with E-state index in [-0.39, 0.29) is 30.0 Å².